The van der Waals surface area contributed by atoms with Crippen LogP contribution < -0.4 is 10.6 Å². The topological polar surface area (TPSA) is 44.4 Å². The summed E-state index contributed by atoms with van der Waals surface area (Å²) in [6.45, 7) is 6.10. The Bertz CT molecular complexity index is 431. The molecule has 0 spiro atoms. The quantitative estimate of drug-likeness (QED) is 0.743. The number of hydrogen-bond donors (Lipinski definition) is 2. The summed E-state index contributed by atoms with van der Waals surface area (Å²) in [5, 5.41) is 6.17. The Balaban J connectivity index is 1.90. The minimum Gasteiger partial charge on any atom is -0.326 e. The molecule has 1 aromatic carbocycles. The van der Waals surface area contributed by atoms with Gasteiger partial charge >= 0.3 is 0 Å². The number of nitrogens with one attached hydrogen (secondary N) is 2. The Morgan fingerprint density at radius 3 is 3.06 bits per heavy atom. The van der Waals surface area contributed by atoms with Gasteiger partial charge in [0.05, 0.1) is 6.42 Å². The van der Waals surface area contributed by atoms with Gasteiger partial charge in [0.2, 0.25) is 5.91 Å². The van der Waals surface area contributed by atoms with Crippen molar-refractivity contribution in [3.8, 4) is 0 Å². The van der Waals surface area contributed by atoms with E-state index in [1.807, 2.05) is 6.07 Å². The molecular formula is C14H21N3O. The molecular weight excluding hydrogens is 226 g/mol. The molecule has 0 atom stereocenters. The van der Waals surface area contributed by atoms with Crippen molar-refractivity contribution in [2.75, 3.05) is 32.0 Å². The summed E-state index contributed by atoms with van der Waals surface area (Å²) < 4.78 is 0. The second kappa shape index (κ2) is 5.98. The van der Waals surface area contributed by atoms with E-state index in [2.05, 4.69) is 41.6 Å². The van der Waals surface area contributed by atoms with Gasteiger partial charge in [-0.25, -0.2) is 0 Å². The Hall–Kier alpha value is -1.39. The van der Waals surface area contributed by atoms with E-state index in [1.54, 1.807) is 0 Å². The molecule has 98 valence electrons. The SMILES string of the molecule is CCNCCN(C)Cc1ccc2c(c1)CC(=O)N2. The average molecular weight is 247 g/mol. The van der Waals surface area contributed by atoms with Gasteiger partial charge in [0.25, 0.3) is 0 Å². The predicted octanol–water partition coefficient (Wildman–Crippen LogP) is 1.22. The molecule has 0 aliphatic carbocycles. The Labute approximate surface area is 108 Å². The molecule has 0 aromatic heterocycles. The lowest BCUT2D eigenvalue weighted by molar-refractivity contribution is -0.115. The van der Waals surface area contributed by atoms with Crippen LogP contribution in [0.1, 0.15) is 18.1 Å². The van der Waals surface area contributed by atoms with Crippen LogP contribution in [0.5, 0.6) is 0 Å². The Morgan fingerprint density at radius 2 is 2.28 bits per heavy atom. The van der Waals surface area contributed by atoms with Gasteiger partial charge < -0.3 is 15.5 Å². The van der Waals surface area contributed by atoms with Crippen molar-refractivity contribution < 1.29 is 4.79 Å². The van der Waals surface area contributed by atoms with Crippen LogP contribution in [-0.4, -0.2) is 37.5 Å². The molecule has 4 nitrogen and oxygen atoms in total. The molecule has 1 aromatic rings. The molecule has 0 unspecified atom stereocenters. The molecule has 0 fully saturated rings. The largest absolute Gasteiger partial charge is 0.326 e. The summed E-state index contributed by atoms with van der Waals surface area (Å²) in [6, 6.07) is 6.23. The molecule has 0 bridgehead atoms. The molecule has 18 heavy (non-hydrogen) atoms. The second-order valence-electron chi connectivity index (χ2n) is 4.81. The molecule has 1 amide bonds. The molecule has 1 aliphatic heterocycles. The maximum absolute atomic E-state index is 11.3. The van der Waals surface area contributed by atoms with E-state index in [0.717, 1.165) is 37.4 Å². The van der Waals surface area contributed by atoms with Gasteiger partial charge in [0, 0.05) is 25.3 Å². The summed E-state index contributed by atoms with van der Waals surface area (Å²) in [5.74, 6) is 0.0997. The van der Waals surface area contributed by atoms with Crippen LogP contribution in [0.3, 0.4) is 0 Å². The summed E-state index contributed by atoms with van der Waals surface area (Å²) in [5.41, 5.74) is 3.36. The van der Waals surface area contributed by atoms with E-state index in [-0.39, 0.29) is 5.91 Å². The highest BCUT2D eigenvalue weighted by Crippen LogP contribution is 2.24. The molecule has 2 rings (SSSR count). The van der Waals surface area contributed by atoms with Gasteiger partial charge in [-0.05, 0) is 30.8 Å². The summed E-state index contributed by atoms with van der Waals surface area (Å²) in [6.07, 6.45) is 0.518. The van der Waals surface area contributed by atoms with E-state index < -0.39 is 0 Å². The highest BCUT2D eigenvalue weighted by molar-refractivity contribution is 5.99. The molecule has 2 N–H and O–H groups in total. The Morgan fingerprint density at radius 1 is 1.44 bits per heavy atom. The van der Waals surface area contributed by atoms with Gasteiger partial charge in [-0.15, -0.1) is 0 Å². The Kier molecular flexibility index (Phi) is 4.33. The number of rotatable bonds is 6. The van der Waals surface area contributed by atoms with Gasteiger partial charge in [0.15, 0.2) is 0 Å². The van der Waals surface area contributed by atoms with Crippen molar-refractivity contribution in [1.29, 1.82) is 0 Å². The van der Waals surface area contributed by atoms with Crippen molar-refractivity contribution >= 4 is 11.6 Å². The second-order valence-corrected chi connectivity index (χ2v) is 4.81. The smallest absolute Gasteiger partial charge is 0.228 e. The molecule has 4 heteroatoms. The lowest BCUT2D eigenvalue weighted by atomic mass is 10.1. The van der Waals surface area contributed by atoms with E-state index in [4.69, 9.17) is 0 Å². The van der Waals surface area contributed by atoms with E-state index in [9.17, 15) is 4.79 Å². The number of fused-ring (bicyclic) bond motifs is 1. The van der Waals surface area contributed by atoms with Crippen molar-refractivity contribution in [1.82, 2.24) is 10.2 Å². The minimum absolute atomic E-state index is 0.0997. The number of carbonyl (C=O) groups excluding carboxylic acids is 1. The van der Waals surface area contributed by atoms with Crippen LogP contribution in [0.2, 0.25) is 0 Å². The lowest BCUT2D eigenvalue weighted by Crippen LogP contribution is -2.28. The number of hydrogen-bond acceptors (Lipinski definition) is 3. The van der Waals surface area contributed by atoms with Crippen LogP contribution >= 0.6 is 0 Å². The van der Waals surface area contributed by atoms with Crippen LogP contribution in [0.25, 0.3) is 0 Å². The molecule has 0 radical (unpaired) electrons. The number of benzene rings is 1. The third-order valence-electron chi connectivity index (χ3n) is 3.17. The summed E-state index contributed by atoms with van der Waals surface area (Å²) in [7, 11) is 2.12. The standard InChI is InChI=1S/C14H21N3O/c1-3-15-6-7-17(2)10-11-4-5-13-12(8-11)9-14(18)16-13/h4-5,8,15H,3,6-7,9-10H2,1-2H3,(H,16,18). The highest BCUT2D eigenvalue weighted by Gasteiger charge is 2.17. The van der Waals surface area contributed by atoms with Gasteiger partial charge in [-0.1, -0.05) is 19.1 Å². The first-order valence-corrected chi connectivity index (χ1v) is 6.50. The first-order valence-electron chi connectivity index (χ1n) is 6.50. The van der Waals surface area contributed by atoms with Crippen LogP contribution in [-0.2, 0) is 17.8 Å². The molecule has 1 heterocycles. The zero-order valence-electron chi connectivity index (χ0n) is 11.1. The maximum Gasteiger partial charge on any atom is 0.228 e. The lowest BCUT2D eigenvalue weighted by Gasteiger charge is -2.17. The number of carbonyl (C=O) groups is 1. The monoisotopic (exact) mass is 247 g/mol. The van der Waals surface area contributed by atoms with Gasteiger partial charge in [0.1, 0.15) is 0 Å². The molecule has 1 aliphatic rings. The molecule has 0 saturated heterocycles. The fourth-order valence-corrected chi connectivity index (χ4v) is 2.22. The first-order chi connectivity index (χ1) is 8.69. The van der Waals surface area contributed by atoms with Crippen LogP contribution in [0.15, 0.2) is 18.2 Å². The summed E-state index contributed by atoms with van der Waals surface area (Å²) >= 11 is 0. The third kappa shape index (κ3) is 3.31. The van der Waals surface area contributed by atoms with E-state index >= 15 is 0 Å². The zero-order chi connectivity index (χ0) is 13.0. The normalized spacial score (nSPS) is 13.8. The fourth-order valence-electron chi connectivity index (χ4n) is 2.22. The van der Waals surface area contributed by atoms with E-state index in [1.165, 1.54) is 5.56 Å². The number of amides is 1. The van der Waals surface area contributed by atoms with Gasteiger partial charge in [-0.3, -0.25) is 4.79 Å². The highest BCUT2D eigenvalue weighted by atomic mass is 16.1. The minimum atomic E-state index is 0.0997. The summed E-state index contributed by atoms with van der Waals surface area (Å²) in [4.78, 5) is 13.6. The zero-order valence-corrected chi connectivity index (χ0v) is 11.1. The fraction of sp³-hybridized carbons (Fsp3) is 0.500. The number of likely N-dealkylation sites (N-methyl/N-ethyl adjacent to an activating group) is 2. The van der Waals surface area contributed by atoms with Gasteiger partial charge in [-0.2, -0.15) is 0 Å². The van der Waals surface area contributed by atoms with E-state index in [0.29, 0.717) is 6.42 Å². The van der Waals surface area contributed by atoms with Crippen LogP contribution in [0.4, 0.5) is 5.69 Å². The average Bonchev–Trinajstić information content (AvgIpc) is 2.69. The van der Waals surface area contributed by atoms with Crippen molar-refractivity contribution in [2.45, 2.75) is 19.9 Å². The predicted molar refractivity (Wildman–Crippen MR) is 73.7 cm³/mol. The first kappa shape index (κ1) is 13.1. The van der Waals surface area contributed by atoms with Crippen LogP contribution in [0, 0.1) is 0 Å². The maximum atomic E-state index is 11.3. The van der Waals surface area contributed by atoms with Crippen molar-refractivity contribution in [2.24, 2.45) is 0 Å². The molecule has 0 saturated carbocycles. The van der Waals surface area contributed by atoms with Crippen molar-refractivity contribution in [3.05, 3.63) is 29.3 Å². The third-order valence-corrected chi connectivity index (χ3v) is 3.17. The number of nitrogens with zero attached hydrogens (tertiary/aromatic N) is 1. The number of anilines is 1. The van der Waals surface area contributed by atoms with Crippen molar-refractivity contribution in [3.63, 3.8) is 0 Å².